The Morgan fingerprint density at radius 3 is 1.90 bits per heavy atom. The third-order valence-electron chi connectivity index (χ3n) is 8.85. The predicted octanol–water partition coefficient (Wildman–Crippen LogP) is 13.9. The van der Waals surface area contributed by atoms with Crippen LogP contribution < -0.4 is 0 Å². The maximum absolute atomic E-state index is 3.06. The van der Waals surface area contributed by atoms with Crippen molar-refractivity contribution in [1.29, 1.82) is 0 Å². The van der Waals surface area contributed by atoms with E-state index in [1.807, 2.05) is 0 Å². The van der Waals surface area contributed by atoms with Gasteiger partial charge in [0.2, 0.25) is 0 Å². The maximum atomic E-state index is 3.06. The summed E-state index contributed by atoms with van der Waals surface area (Å²) >= 11 is 1.36. The van der Waals surface area contributed by atoms with Crippen molar-refractivity contribution in [3.63, 3.8) is 0 Å². The molecule has 0 aliphatic heterocycles. The standard InChI is InChI=1S/C25H19.C18H17.2CH3.2ClH.Si.Zr/c1-16-14-24-17(2)10-12-23(25(24)15-16)21-9-5-8-20-19-7-4-3-6-18(19)11-13-22(20)21;1-13(2)16-11-15-9-6-10-17(18(15)12-16)14-7-4-3-5-8-14;;;;;;/h3-15H,1-2H3;3-13H,1-2H3;2*1H3;2*1H;;/q4*-1;;;;. The minimum absolute atomic E-state index is 0. The van der Waals surface area contributed by atoms with E-state index in [1.165, 1.54) is 105 Å². The number of aryl methyl sites for hydroxylation is 2. The Hall–Kier alpha value is -3.26. The van der Waals surface area contributed by atoms with Crippen molar-refractivity contribution in [2.24, 2.45) is 0 Å². The van der Waals surface area contributed by atoms with Crippen LogP contribution in [0.3, 0.4) is 0 Å². The first kappa shape index (κ1) is 41.9. The Bertz CT molecular complexity index is 2260. The van der Waals surface area contributed by atoms with Crippen LogP contribution in [0.25, 0.3) is 65.3 Å². The molecule has 0 fully saturated rings. The Morgan fingerprint density at radius 2 is 1.16 bits per heavy atom. The molecule has 0 amide bonds. The van der Waals surface area contributed by atoms with E-state index in [0.717, 1.165) is 0 Å². The molecule has 0 aliphatic carbocycles. The van der Waals surface area contributed by atoms with Crippen molar-refractivity contribution < 1.29 is 23.3 Å². The molecular weight excluding hydrogens is 731 g/mol. The van der Waals surface area contributed by atoms with Crippen molar-refractivity contribution in [3.8, 4) is 22.3 Å². The van der Waals surface area contributed by atoms with Gasteiger partial charge in [-0.2, -0.15) is 12.1 Å². The zero-order chi connectivity index (χ0) is 31.5. The SMILES string of the molecule is CC(C)c1cc2c(-c3ccccc3)cccc2[cH-]1.Cc1cc2c(-c3cccc4c3ccc3ccccc34)ccc(C)c2[cH-]1.Cl.Cl.[CH3-].[CH3-].[Si]=[Zr]. The zero-order valence-corrected chi connectivity index (χ0v) is 34.3. The minimum atomic E-state index is 0. The average Bonchev–Trinajstić information content (AvgIpc) is 3.71. The number of hydrogen-bond donors (Lipinski definition) is 0. The third kappa shape index (κ3) is 8.56. The molecule has 49 heavy (non-hydrogen) atoms. The van der Waals surface area contributed by atoms with E-state index >= 15 is 0 Å². The van der Waals surface area contributed by atoms with E-state index in [1.54, 1.807) is 0 Å². The van der Waals surface area contributed by atoms with E-state index in [0.29, 0.717) is 5.92 Å². The summed E-state index contributed by atoms with van der Waals surface area (Å²) in [6.45, 7) is 11.9. The summed E-state index contributed by atoms with van der Waals surface area (Å²) in [6, 6.07) is 50.8. The van der Waals surface area contributed by atoms with Crippen LogP contribution in [0.1, 0.15) is 36.5 Å². The molecule has 8 rings (SSSR count). The summed E-state index contributed by atoms with van der Waals surface area (Å²) in [5.41, 5.74) is 9.37. The van der Waals surface area contributed by atoms with Crippen LogP contribution in [0, 0.1) is 28.7 Å². The Morgan fingerprint density at radius 1 is 0.531 bits per heavy atom. The van der Waals surface area contributed by atoms with Crippen molar-refractivity contribution in [2.45, 2.75) is 33.6 Å². The number of fused-ring (bicyclic) bond motifs is 5. The molecule has 0 bridgehead atoms. The molecule has 0 unspecified atom stereocenters. The summed E-state index contributed by atoms with van der Waals surface area (Å²) in [6.07, 6.45) is 0. The predicted molar refractivity (Wildman–Crippen MR) is 222 cm³/mol. The molecule has 0 N–H and O–H groups in total. The fourth-order valence-electron chi connectivity index (χ4n) is 6.56. The molecule has 8 aromatic rings. The second-order valence-corrected chi connectivity index (χ2v) is 12.1. The summed E-state index contributed by atoms with van der Waals surface area (Å²) in [5, 5.41) is 10.7. The summed E-state index contributed by atoms with van der Waals surface area (Å²) < 4.78 is 0. The molecule has 0 spiro atoms. The zero-order valence-electron chi connectivity index (χ0n) is 29.2. The number of hydrogen-bond acceptors (Lipinski definition) is 0. The second-order valence-electron chi connectivity index (χ2n) is 12.1. The number of rotatable bonds is 3. The number of benzene rings is 6. The van der Waals surface area contributed by atoms with Gasteiger partial charge in [-0.05, 0) is 38.6 Å². The van der Waals surface area contributed by atoms with Gasteiger partial charge in [0.25, 0.3) is 0 Å². The van der Waals surface area contributed by atoms with Gasteiger partial charge in [0.1, 0.15) is 0 Å². The van der Waals surface area contributed by atoms with E-state index in [9.17, 15) is 0 Å². The molecule has 0 heterocycles. The van der Waals surface area contributed by atoms with Crippen LogP contribution in [0.5, 0.6) is 0 Å². The van der Waals surface area contributed by atoms with Crippen LogP contribution in [0.4, 0.5) is 0 Å². The van der Waals surface area contributed by atoms with Gasteiger partial charge in [-0.3, -0.25) is 0 Å². The molecule has 0 saturated carbocycles. The van der Waals surface area contributed by atoms with Crippen LogP contribution in [0.2, 0.25) is 0 Å². The normalized spacial score (nSPS) is 10.1. The first-order valence-electron chi connectivity index (χ1n) is 15.6. The summed E-state index contributed by atoms with van der Waals surface area (Å²) in [5.74, 6) is 0.584. The van der Waals surface area contributed by atoms with Crippen LogP contribution >= 0.6 is 24.8 Å². The number of halogens is 2. The van der Waals surface area contributed by atoms with Crippen molar-refractivity contribution in [3.05, 3.63) is 171 Å². The first-order valence-corrected chi connectivity index (χ1v) is 19.7. The van der Waals surface area contributed by atoms with Gasteiger partial charge in [-0.25, -0.2) is 0 Å². The van der Waals surface area contributed by atoms with Crippen LogP contribution in [0.15, 0.2) is 140 Å². The van der Waals surface area contributed by atoms with Gasteiger partial charge < -0.3 is 14.9 Å². The van der Waals surface area contributed by atoms with Gasteiger partial charge in [0.15, 0.2) is 0 Å². The topological polar surface area (TPSA) is 0 Å². The molecule has 2 radical (unpaired) electrons. The summed E-state index contributed by atoms with van der Waals surface area (Å²) in [4.78, 5) is 0. The fraction of sp³-hybridized carbons (Fsp3) is 0.111. The van der Waals surface area contributed by atoms with Crippen LogP contribution in [-0.4, -0.2) is 6.88 Å². The molecule has 0 saturated heterocycles. The van der Waals surface area contributed by atoms with Gasteiger partial charge >= 0.3 is 30.2 Å². The van der Waals surface area contributed by atoms with Crippen LogP contribution in [-0.2, 0) is 23.3 Å². The third-order valence-corrected chi connectivity index (χ3v) is 8.85. The average molecular weight is 775 g/mol. The molecule has 0 aromatic heterocycles. The molecule has 0 nitrogen and oxygen atoms in total. The van der Waals surface area contributed by atoms with E-state index in [-0.39, 0.29) is 39.7 Å². The van der Waals surface area contributed by atoms with Gasteiger partial charge in [-0.1, -0.05) is 136 Å². The first-order chi connectivity index (χ1) is 22.0. The molecule has 250 valence electrons. The molecule has 4 heteroatoms. The Labute approximate surface area is 322 Å². The Kier molecular flexibility index (Phi) is 16.0. The monoisotopic (exact) mass is 772 g/mol. The quantitative estimate of drug-likeness (QED) is 0.0953. The van der Waals surface area contributed by atoms with E-state index in [2.05, 4.69) is 174 Å². The van der Waals surface area contributed by atoms with Gasteiger partial charge in [0, 0.05) is 0 Å². The van der Waals surface area contributed by atoms with E-state index in [4.69, 9.17) is 0 Å². The summed E-state index contributed by atoms with van der Waals surface area (Å²) in [7, 11) is 0. The molecular formula is C45H44Cl2SiZr-4. The molecule has 0 aliphatic rings. The van der Waals surface area contributed by atoms with Gasteiger partial charge in [-0.15, -0.1) is 93.4 Å². The second kappa shape index (κ2) is 18.7. The Balaban J connectivity index is 0.000000312. The molecule has 0 atom stereocenters. The van der Waals surface area contributed by atoms with Gasteiger partial charge in [0.05, 0.1) is 0 Å². The van der Waals surface area contributed by atoms with E-state index < -0.39 is 0 Å². The van der Waals surface area contributed by atoms with Crippen molar-refractivity contribution in [2.75, 3.05) is 0 Å². The van der Waals surface area contributed by atoms with Crippen molar-refractivity contribution in [1.82, 2.24) is 0 Å². The molecule has 8 aromatic carbocycles. The fourth-order valence-corrected chi connectivity index (χ4v) is 6.56. The van der Waals surface area contributed by atoms with Crippen molar-refractivity contribution >= 4 is 74.8 Å².